The maximum absolute atomic E-state index is 12.7. The Morgan fingerprint density at radius 1 is 1.32 bits per heavy atom. The Hall–Kier alpha value is -1.03. The molecule has 0 saturated heterocycles. The quantitative estimate of drug-likeness (QED) is 0.852. The van der Waals surface area contributed by atoms with Crippen LogP contribution in [0.5, 0.6) is 0 Å². The molecule has 1 aliphatic carbocycles. The number of rotatable bonds is 4. The van der Waals surface area contributed by atoms with Gasteiger partial charge in [-0.1, -0.05) is 19.9 Å². The number of nitrogens with one attached hydrogen (secondary N) is 1. The molecule has 1 atom stereocenters. The largest absolute Gasteiger partial charge is 0.416 e. The molecule has 106 valence electrons. The van der Waals surface area contributed by atoms with Gasteiger partial charge in [0.2, 0.25) is 0 Å². The lowest BCUT2D eigenvalue weighted by molar-refractivity contribution is -0.137. The van der Waals surface area contributed by atoms with E-state index in [9.17, 15) is 13.2 Å². The zero-order valence-electron chi connectivity index (χ0n) is 11.6. The van der Waals surface area contributed by atoms with Crippen molar-refractivity contribution in [1.82, 2.24) is 5.32 Å². The van der Waals surface area contributed by atoms with Gasteiger partial charge >= 0.3 is 6.18 Å². The van der Waals surface area contributed by atoms with Crippen LogP contribution in [0.15, 0.2) is 18.2 Å². The Balaban J connectivity index is 2.34. The van der Waals surface area contributed by atoms with Gasteiger partial charge in [0.05, 0.1) is 5.56 Å². The minimum Gasteiger partial charge on any atom is -0.310 e. The molecule has 1 unspecified atom stereocenters. The van der Waals surface area contributed by atoms with Gasteiger partial charge in [-0.3, -0.25) is 0 Å². The van der Waals surface area contributed by atoms with Crippen LogP contribution in [0.2, 0.25) is 0 Å². The molecule has 1 aromatic rings. The number of aryl methyl sites for hydroxylation is 1. The van der Waals surface area contributed by atoms with Crippen molar-refractivity contribution in [3.8, 4) is 0 Å². The highest BCUT2D eigenvalue weighted by atomic mass is 19.4. The number of benzene rings is 1. The van der Waals surface area contributed by atoms with Crippen LogP contribution in [0.4, 0.5) is 13.2 Å². The van der Waals surface area contributed by atoms with Crippen LogP contribution >= 0.6 is 0 Å². The second kappa shape index (κ2) is 4.82. The Kier molecular flexibility index (Phi) is 3.65. The monoisotopic (exact) mass is 271 g/mol. The van der Waals surface area contributed by atoms with E-state index >= 15 is 0 Å². The van der Waals surface area contributed by atoms with Gasteiger partial charge in [-0.05, 0) is 55.0 Å². The molecular formula is C15H20F3N. The van der Waals surface area contributed by atoms with E-state index in [1.54, 1.807) is 13.0 Å². The van der Waals surface area contributed by atoms with Crippen LogP contribution in [-0.2, 0) is 6.18 Å². The lowest BCUT2D eigenvalue weighted by Crippen LogP contribution is -2.28. The Labute approximate surface area is 112 Å². The number of hydrogen-bond acceptors (Lipinski definition) is 1. The molecular weight excluding hydrogens is 251 g/mol. The second-order valence-electron chi connectivity index (χ2n) is 5.71. The minimum atomic E-state index is -4.26. The van der Waals surface area contributed by atoms with Crippen LogP contribution in [0.1, 0.15) is 49.4 Å². The van der Waals surface area contributed by atoms with Crippen LogP contribution in [0.3, 0.4) is 0 Å². The second-order valence-corrected chi connectivity index (χ2v) is 5.71. The molecule has 1 nitrogen and oxygen atoms in total. The molecule has 1 N–H and O–H groups in total. The fourth-order valence-corrected chi connectivity index (χ4v) is 2.60. The summed E-state index contributed by atoms with van der Waals surface area (Å²) in [5, 5.41) is 3.42. The van der Waals surface area contributed by atoms with E-state index in [0.29, 0.717) is 5.56 Å². The summed E-state index contributed by atoms with van der Waals surface area (Å²) in [6, 6.07) is 4.23. The average molecular weight is 271 g/mol. The summed E-state index contributed by atoms with van der Waals surface area (Å²) >= 11 is 0. The van der Waals surface area contributed by atoms with Gasteiger partial charge in [-0.15, -0.1) is 0 Å². The molecule has 4 heteroatoms. The lowest BCUT2D eigenvalue weighted by atomic mass is 9.88. The third-order valence-electron chi connectivity index (χ3n) is 4.05. The minimum absolute atomic E-state index is 0.153. The molecule has 1 aromatic carbocycles. The highest BCUT2D eigenvalue weighted by molar-refractivity contribution is 5.36. The third kappa shape index (κ3) is 2.94. The molecule has 0 spiro atoms. The molecule has 2 rings (SSSR count). The summed E-state index contributed by atoms with van der Waals surface area (Å²) in [6.45, 7) is 6.80. The first kappa shape index (κ1) is 14.4. The standard InChI is InChI=1S/C15H20F3N/c1-4-19-13(14(3)7-8-14)12-6-5-11(9-10(12)2)15(16,17)18/h5-6,9,13,19H,4,7-8H2,1-3H3. The summed E-state index contributed by atoms with van der Waals surface area (Å²) in [6.07, 6.45) is -2.00. The Morgan fingerprint density at radius 3 is 2.37 bits per heavy atom. The zero-order chi connectivity index (χ0) is 14.3. The van der Waals surface area contributed by atoms with Crippen LogP contribution in [-0.4, -0.2) is 6.54 Å². The maximum Gasteiger partial charge on any atom is 0.416 e. The summed E-state index contributed by atoms with van der Waals surface area (Å²) in [5.74, 6) is 0. The molecule has 0 heterocycles. The molecule has 0 radical (unpaired) electrons. The van der Waals surface area contributed by atoms with E-state index in [4.69, 9.17) is 0 Å². The topological polar surface area (TPSA) is 12.0 Å². The van der Waals surface area contributed by atoms with Gasteiger partial charge in [-0.2, -0.15) is 13.2 Å². The predicted molar refractivity (Wildman–Crippen MR) is 69.9 cm³/mol. The van der Waals surface area contributed by atoms with E-state index in [2.05, 4.69) is 12.2 Å². The number of alkyl halides is 3. The predicted octanol–water partition coefficient (Wildman–Crippen LogP) is 4.46. The molecule has 19 heavy (non-hydrogen) atoms. The van der Waals surface area contributed by atoms with Gasteiger partial charge in [0.25, 0.3) is 0 Å². The fourth-order valence-electron chi connectivity index (χ4n) is 2.60. The Morgan fingerprint density at radius 2 is 1.95 bits per heavy atom. The number of hydrogen-bond donors (Lipinski definition) is 1. The van der Waals surface area contributed by atoms with Crippen LogP contribution < -0.4 is 5.32 Å². The summed E-state index contributed by atoms with van der Waals surface area (Å²) < 4.78 is 38.0. The number of halogens is 3. The van der Waals surface area contributed by atoms with Crippen molar-refractivity contribution < 1.29 is 13.2 Å². The zero-order valence-corrected chi connectivity index (χ0v) is 11.6. The van der Waals surface area contributed by atoms with Gasteiger partial charge in [0.1, 0.15) is 0 Å². The first-order chi connectivity index (χ1) is 8.78. The smallest absolute Gasteiger partial charge is 0.310 e. The van der Waals surface area contributed by atoms with Crippen molar-refractivity contribution in [2.75, 3.05) is 6.54 Å². The molecule has 1 aliphatic rings. The van der Waals surface area contributed by atoms with Crippen molar-refractivity contribution in [2.45, 2.75) is 45.8 Å². The summed E-state index contributed by atoms with van der Waals surface area (Å²) in [4.78, 5) is 0. The highest BCUT2D eigenvalue weighted by Gasteiger charge is 2.45. The highest BCUT2D eigenvalue weighted by Crippen LogP contribution is 2.55. The summed E-state index contributed by atoms with van der Waals surface area (Å²) in [7, 11) is 0. The van der Waals surface area contributed by atoms with Crippen molar-refractivity contribution in [1.29, 1.82) is 0 Å². The van der Waals surface area contributed by atoms with E-state index in [1.807, 2.05) is 6.92 Å². The molecule has 0 bridgehead atoms. The Bertz CT molecular complexity index is 461. The van der Waals surface area contributed by atoms with E-state index < -0.39 is 11.7 Å². The van der Waals surface area contributed by atoms with E-state index in [0.717, 1.165) is 24.9 Å². The van der Waals surface area contributed by atoms with Crippen molar-refractivity contribution >= 4 is 0 Å². The first-order valence-corrected chi connectivity index (χ1v) is 6.69. The van der Waals surface area contributed by atoms with Gasteiger partial charge in [0, 0.05) is 6.04 Å². The lowest BCUT2D eigenvalue weighted by Gasteiger charge is -2.27. The first-order valence-electron chi connectivity index (χ1n) is 6.69. The fraction of sp³-hybridized carbons (Fsp3) is 0.600. The van der Waals surface area contributed by atoms with E-state index in [1.165, 1.54) is 12.1 Å². The van der Waals surface area contributed by atoms with Gasteiger partial charge in [0.15, 0.2) is 0 Å². The van der Waals surface area contributed by atoms with Gasteiger partial charge < -0.3 is 5.32 Å². The van der Waals surface area contributed by atoms with Crippen LogP contribution in [0.25, 0.3) is 0 Å². The van der Waals surface area contributed by atoms with Crippen LogP contribution in [0, 0.1) is 12.3 Å². The third-order valence-corrected chi connectivity index (χ3v) is 4.05. The molecule has 1 saturated carbocycles. The molecule has 1 fully saturated rings. The summed E-state index contributed by atoms with van der Waals surface area (Å²) in [5.41, 5.74) is 1.34. The van der Waals surface area contributed by atoms with E-state index in [-0.39, 0.29) is 11.5 Å². The average Bonchev–Trinajstić information content (AvgIpc) is 3.04. The van der Waals surface area contributed by atoms with Crippen molar-refractivity contribution in [3.05, 3.63) is 34.9 Å². The molecule has 0 aromatic heterocycles. The van der Waals surface area contributed by atoms with Crippen molar-refractivity contribution in [2.24, 2.45) is 5.41 Å². The molecule has 0 aliphatic heterocycles. The maximum atomic E-state index is 12.7. The SMILES string of the molecule is CCNC(c1ccc(C(F)(F)F)cc1C)C1(C)CC1. The van der Waals surface area contributed by atoms with Gasteiger partial charge in [-0.25, -0.2) is 0 Å². The normalized spacial score (nSPS) is 19.3. The molecule has 0 amide bonds. The van der Waals surface area contributed by atoms with Crippen molar-refractivity contribution in [3.63, 3.8) is 0 Å².